The Labute approximate surface area is 290 Å². The van der Waals surface area contributed by atoms with Gasteiger partial charge in [0.05, 0.1) is 0 Å². The average Bonchev–Trinajstić information content (AvgIpc) is 3.16. The van der Waals surface area contributed by atoms with Gasteiger partial charge in [-0.05, 0) is 0 Å². The van der Waals surface area contributed by atoms with E-state index in [1.165, 1.54) is 0 Å². The molecule has 12 heteroatoms. The molecule has 49 heavy (non-hydrogen) atoms. The molecule has 3 aliphatic rings. The Balaban J connectivity index is 2.10. The second kappa shape index (κ2) is 17.8. The molecule has 0 aromatic heterocycles. The van der Waals surface area contributed by atoms with Gasteiger partial charge in [-0.2, -0.15) is 0 Å². The number of amides is 1. The zero-order chi connectivity index (χ0) is 35.6. The first-order valence-corrected chi connectivity index (χ1v) is 18.5. The molecular weight excluding hydrogens is 649 g/mol. The summed E-state index contributed by atoms with van der Waals surface area (Å²) in [6.45, 7) is 0.410. The summed E-state index contributed by atoms with van der Waals surface area (Å²) in [7, 11) is 11.6. The van der Waals surface area contributed by atoms with Gasteiger partial charge in [0, 0.05) is 0 Å². The Morgan fingerprint density at radius 2 is 1.00 bits per heavy atom. The van der Waals surface area contributed by atoms with Gasteiger partial charge in [-0.15, -0.1) is 0 Å². The molecule has 0 heterocycles. The van der Waals surface area contributed by atoms with E-state index >= 15 is 0 Å². The van der Waals surface area contributed by atoms with Crippen molar-refractivity contribution in [3.63, 3.8) is 0 Å². The summed E-state index contributed by atoms with van der Waals surface area (Å²) >= 11 is 0. The fourth-order valence-corrected chi connectivity index (χ4v) is 13.7. The molecule has 4 rings (SSSR count). The quantitative estimate of drug-likeness (QED) is 0.154. The predicted molar refractivity (Wildman–Crippen MR) is 190 cm³/mol. The standard InChI is InChI=1S/C37H52NO10P/c1-40-25-18-28(43-4)34(29(19-25)44-5)49(17-13-16-38-37(39)24-14-11-10-12-15-24,35-30(45-6)20-26(41-2)21-31(35)46-7)36-32(47-8)22-27(42-3)23-33(36)48-9/h10-12,14-15,18,20,22,29,31,33,49H,13,16-17,19,21,23H2,1-9H3,(H,38,39)/t29-,31-,33-/m0/s1. The molecule has 1 aromatic carbocycles. The van der Waals surface area contributed by atoms with E-state index in [-0.39, 0.29) is 5.91 Å². The van der Waals surface area contributed by atoms with Crippen LogP contribution in [0.5, 0.6) is 0 Å². The second-order valence-corrected chi connectivity index (χ2v) is 15.7. The number of rotatable bonds is 17. The van der Waals surface area contributed by atoms with Crippen LogP contribution in [0.15, 0.2) is 99.1 Å². The van der Waals surface area contributed by atoms with Crippen molar-refractivity contribution in [3.05, 3.63) is 105 Å². The van der Waals surface area contributed by atoms with Crippen LogP contribution in [0.4, 0.5) is 0 Å². The van der Waals surface area contributed by atoms with Crippen LogP contribution >= 0.6 is 7.26 Å². The summed E-state index contributed by atoms with van der Waals surface area (Å²) in [4.78, 5) is 13.2. The van der Waals surface area contributed by atoms with Gasteiger partial charge < -0.3 is 0 Å². The molecule has 0 saturated carbocycles. The first kappa shape index (κ1) is 38.0. The van der Waals surface area contributed by atoms with Crippen molar-refractivity contribution >= 4 is 13.2 Å². The molecule has 11 nitrogen and oxygen atoms in total. The third-order valence-electron chi connectivity index (χ3n) is 9.53. The van der Waals surface area contributed by atoms with Crippen molar-refractivity contribution in [2.24, 2.45) is 0 Å². The SMILES string of the molecule is COC1=CC(OC)=C([PH](CCCNC(=O)c2ccccc2)(C2=C(OC)C=C(OC)C[C@@H]2OC)C2=C(OC)C=C(OC)C[C@@H]2OC)[C@@H](OC)C1. The van der Waals surface area contributed by atoms with E-state index < -0.39 is 25.6 Å². The number of carbonyl (C=O) groups is 1. The molecule has 0 radical (unpaired) electrons. The monoisotopic (exact) mass is 701 g/mol. The summed E-state index contributed by atoms with van der Waals surface area (Å²) in [6.07, 6.45) is 7.12. The normalized spacial score (nSPS) is 21.7. The Hall–Kier alpha value is -3.76. The van der Waals surface area contributed by atoms with Crippen LogP contribution in [0.25, 0.3) is 0 Å². The number of nitrogens with one attached hydrogen (secondary N) is 1. The molecule has 1 aromatic rings. The van der Waals surface area contributed by atoms with Crippen molar-refractivity contribution in [1.29, 1.82) is 0 Å². The summed E-state index contributed by atoms with van der Waals surface area (Å²) in [6, 6.07) is 9.20. The van der Waals surface area contributed by atoms with Crippen LogP contribution < -0.4 is 5.32 Å². The molecule has 270 valence electrons. The van der Waals surface area contributed by atoms with Gasteiger partial charge in [0.1, 0.15) is 0 Å². The summed E-state index contributed by atoms with van der Waals surface area (Å²) in [5, 5.41) is 6.03. The summed E-state index contributed by atoms with van der Waals surface area (Å²) in [5.74, 6) is 3.95. The number of ether oxygens (including phenoxy) is 9. The Morgan fingerprint density at radius 1 is 0.612 bits per heavy atom. The fraction of sp³-hybridized carbons (Fsp3) is 0.486. The Bertz CT molecular complexity index is 1380. The fourth-order valence-electron chi connectivity index (χ4n) is 7.26. The van der Waals surface area contributed by atoms with Crippen molar-refractivity contribution in [3.8, 4) is 0 Å². The van der Waals surface area contributed by atoms with Crippen molar-refractivity contribution in [2.75, 3.05) is 76.7 Å². The average molecular weight is 702 g/mol. The maximum absolute atomic E-state index is 13.2. The van der Waals surface area contributed by atoms with Crippen LogP contribution in [0.3, 0.4) is 0 Å². The Kier molecular flexibility index (Phi) is 13.8. The number of hydrogen-bond donors (Lipinski definition) is 1. The maximum atomic E-state index is 13.2. The van der Waals surface area contributed by atoms with Crippen LogP contribution in [0.2, 0.25) is 0 Å². The molecule has 3 atom stereocenters. The van der Waals surface area contributed by atoms with Crippen molar-refractivity contribution in [2.45, 2.75) is 44.0 Å². The van der Waals surface area contributed by atoms with Crippen molar-refractivity contribution in [1.82, 2.24) is 5.32 Å². The first-order chi connectivity index (χ1) is 23.8. The van der Waals surface area contributed by atoms with E-state index in [9.17, 15) is 4.79 Å². The topological polar surface area (TPSA) is 112 Å². The number of carbonyl (C=O) groups excluding carboxylic acids is 1. The molecule has 0 saturated heterocycles. The molecule has 0 bridgehead atoms. The van der Waals surface area contributed by atoms with Crippen LogP contribution in [-0.2, 0) is 42.6 Å². The van der Waals surface area contributed by atoms with Gasteiger partial charge in [0.2, 0.25) is 0 Å². The van der Waals surface area contributed by atoms with Gasteiger partial charge in [0.25, 0.3) is 0 Å². The number of allylic oxidation sites excluding steroid dienone is 3. The van der Waals surface area contributed by atoms with Gasteiger partial charge in [-0.1, -0.05) is 0 Å². The molecule has 0 spiro atoms. The molecule has 0 unspecified atom stereocenters. The summed E-state index contributed by atoms with van der Waals surface area (Å²) in [5.41, 5.74) is 0.598. The predicted octanol–water partition coefficient (Wildman–Crippen LogP) is 5.98. The van der Waals surface area contributed by atoms with Gasteiger partial charge in [-0.25, -0.2) is 0 Å². The van der Waals surface area contributed by atoms with Crippen LogP contribution in [0, 0.1) is 0 Å². The van der Waals surface area contributed by atoms with E-state index in [4.69, 9.17) is 42.6 Å². The number of hydrogen-bond acceptors (Lipinski definition) is 10. The Morgan fingerprint density at radius 3 is 1.33 bits per heavy atom. The zero-order valence-corrected chi connectivity index (χ0v) is 31.2. The van der Waals surface area contributed by atoms with E-state index in [0.717, 1.165) is 33.2 Å². The molecule has 0 aliphatic heterocycles. The van der Waals surface area contributed by atoms with Gasteiger partial charge >= 0.3 is 291 Å². The minimum atomic E-state index is -3.44. The molecule has 1 amide bonds. The molecule has 0 fully saturated rings. The van der Waals surface area contributed by atoms with E-state index in [1.807, 2.05) is 36.4 Å². The van der Waals surface area contributed by atoms with Crippen LogP contribution in [0.1, 0.15) is 36.0 Å². The zero-order valence-electron chi connectivity index (χ0n) is 30.2. The molecular formula is C37H52NO10P. The number of benzene rings is 1. The minimum absolute atomic E-state index is 0.140. The van der Waals surface area contributed by atoms with E-state index in [1.54, 1.807) is 76.1 Å². The van der Waals surface area contributed by atoms with Crippen LogP contribution in [-0.4, -0.2) is 101 Å². The summed E-state index contributed by atoms with van der Waals surface area (Å²) < 4.78 is 55.0. The first-order valence-electron chi connectivity index (χ1n) is 16.3. The van der Waals surface area contributed by atoms with Gasteiger partial charge in [0.15, 0.2) is 0 Å². The van der Waals surface area contributed by atoms with Crippen molar-refractivity contribution < 1.29 is 47.4 Å². The van der Waals surface area contributed by atoms with E-state index in [2.05, 4.69) is 5.32 Å². The number of methoxy groups -OCH3 is 9. The molecule has 1 N–H and O–H groups in total. The third kappa shape index (κ3) is 7.86. The molecule has 3 aliphatic carbocycles. The second-order valence-electron chi connectivity index (χ2n) is 11.8. The third-order valence-corrected chi connectivity index (χ3v) is 15.1. The van der Waals surface area contributed by atoms with E-state index in [0.29, 0.717) is 61.2 Å². The van der Waals surface area contributed by atoms with Gasteiger partial charge in [-0.3, -0.25) is 0 Å².